The van der Waals surface area contributed by atoms with Gasteiger partial charge in [0.25, 0.3) is 0 Å². The monoisotopic (exact) mass is 186 g/mol. The fourth-order valence-corrected chi connectivity index (χ4v) is 1.54. The third kappa shape index (κ3) is 1.84. The van der Waals surface area contributed by atoms with Gasteiger partial charge in [-0.25, -0.2) is 0 Å². The molecule has 0 spiro atoms. The predicted molar refractivity (Wildman–Crippen MR) is 45.8 cm³/mol. The molecule has 0 saturated carbocycles. The van der Waals surface area contributed by atoms with Gasteiger partial charge in [0.05, 0.1) is 24.7 Å². The normalized spacial score (nSPS) is 45.6. The Morgan fingerprint density at radius 3 is 2.46 bits per heavy atom. The van der Waals surface area contributed by atoms with E-state index in [-0.39, 0.29) is 12.7 Å². The molecular formula is C9H14O4. The van der Waals surface area contributed by atoms with Crippen LogP contribution in [0.4, 0.5) is 0 Å². The molecule has 0 amide bonds. The number of ether oxygens (including phenoxy) is 1. The largest absolute Gasteiger partial charge is 0.394 e. The van der Waals surface area contributed by atoms with Crippen molar-refractivity contribution in [3.63, 3.8) is 0 Å². The van der Waals surface area contributed by atoms with E-state index in [2.05, 4.69) is 5.92 Å². The van der Waals surface area contributed by atoms with E-state index in [1.165, 1.54) is 0 Å². The van der Waals surface area contributed by atoms with Crippen molar-refractivity contribution < 1.29 is 20.1 Å². The highest BCUT2D eigenvalue weighted by molar-refractivity contribution is 5.05. The number of rotatable bonds is 1. The Morgan fingerprint density at radius 1 is 1.38 bits per heavy atom. The maximum Gasteiger partial charge on any atom is 0.110 e. The number of hydrogen-bond donors (Lipinski definition) is 3. The van der Waals surface area contributed by atoms with E-state index in [1.54, 1.807) is 6.92 Å². The lowest BCUT2D eigenvalue weighted by atomic mass is 9.88. The molecule has 4 heteroatoms. The van der Waals surface area contributed by atoms with Crippen LogP contribution < -0.4 is 0 Å². The average molecular weight is 186 g/mol. The van der Waals surface area contributed by atoms with Gasteiger partial charge in [-0.1, -0.05) is 5.92 Å². The van der Waals surface area contributed by atoms with Crippen LogP contribution in [0.15, 0.2) is 0 Å². The zero-order valence-corrected chi connectivity index (χ0v) is 7.42. The SMILES string of the molecule is C#C[C@@H]1[C@@H](O)[C@H](O)[C@@H](CO)O[C@@H]1C. The van der Waals surface area contributed by atoms with Gasteiger partial charge in [0.2, 0.25) is 0 Å². The number of terminal acetylenes is 1. The van der Waals surface area contributed by atoms with E-state index in [9.17, 15) is 10.2 Å². The Labute approximate surface area is 77.1 Å². The van der Waals surface area contributed by atoms with Crippen LogP contribution in [0.3, 0.4) is 0 Å². The van der Waals surface area contributed by atoms with Gasteiger partial charge in [-0.3, -0.25) is 0 Å². The van der Waals surface area contributed by atoms with Crippen molar-refractivity contribution in [1.29, 1.82) is 0 Å². The van der Waals surface area contributed by atoms with Crippen LogP contribution in [0.2, 0.25) is 0 Å². The lowest BCUT2D eigenvalue weighted by Gasteiger charge is -2.38. The molecule has 1 fully saturated rings. The molecule has 0 aliphatic carbocycles. The summed E-state index contributed by atoms with van der Waals surface area (Å²) >= 11 is 0. The topological polar surface area (TPSA) is 69.9 Å². The van der Waals surface area contributed by atoms with Crippen molar-refractivity contribution in [2.24, 2.45) is 5.92 Å². The molecule has 0 aromatic heterocycles. The molecule has 0 aromatic carbocycles. The molecule has 1 aliphatic rings. The fraction of sp³-hybridized carbons (Fsp3) is 0.778. The van der Waals surface area contributed by atoms with Gasteiger partial charge in [0, 0.05) is 0 Å². The second kappa shape index (κ2) is 4.07. The summed E-state index contributed by atoms with van der Waals surface area (Å²) in [5.41, 5.74) is 0. The molecule has 5 atom stereocenters. The molecule has 1 aliphatic heterocycles. The van der Waals surface area contributed by atoms with Gasteiger partial charge < -0.3 is 20.1 Å². The van der Waals surface area contributed by atoms with Crippen LogP contribution in [-0.2, 0) is 4.74 Å². The van der Waals surface area contributed by atoms with Crippen LogP contribution >= 0.6 is 0 Å². The molecule has 4 nitrogen and oxygen atoms in total. The van der Waals surface area contributed by atoms with Crippen LogP contribution in [0.25, 0.3) is 0 Å². The second-order valence-corrected chi connectivity index (χ2v) is 3.24. The van der Waals surface area contributed by atoms with Crippen molar-refractivity contribution in [3.05, 3.63) is 0 Å². The molecular weight excluding hydrogens is 172 g/mol. The smallest absolute Gasteiger partial charge is 0.110 e. The molecule has 13 heavy (non-hydrogen) atoms. The van der Waals surface area contributed by atoms with Gasteiger partial charge in [0.15, 0.2) is 0 Å². The van der Waals surface area contributed by atoms with Crippen LogP contribution in [-0.4, -0.2) is 46.3 Å². The van der Waals surface area contributed by atoms with E-state index < -0.39 is 24.2 Å². The first-order chi connectivity index (χ1) is 6.11. The minimum absolute atomic E-state index is 0.320. The first-order valence-electron chi connectivity index (χ1n) is 4.20. The summed E-state index contributed by atoms with van der Waals surface area (Å²) in [4.78, 5) is 0. The summed E-state index contributed by atoms with van der Waals surface area (Å²) in [6, 6.07) is 0. The first kappa shape index (κ1) is 10.5. The highest BCUT2D eigenvalue weighted by atomic mass is 16.5. The zero-order valence-electron chi connectivity index (χ0n) is 7.42. The third-order valence-electron chi connectivity index (χ3n) is 2.37. The Hall–Kier alpha value is -0.600. The minimum atomic E-state index is -1.11. The van der Waals surface area contributed by atoms with Crippen molar-refractivity contribution >= 4 is 0 Å². The van der Waals surface area contributed by atoms with Crippen molar-refractivity contribution in [1.82, 2.24) is 0 Å². The minimum Gasteiger partial charge on any atom is -0.394 e. The molecule has 1 heterocycles. The second-order valence-electron chi connectivity index (χ2n) is 3.24. The molecule has 1 rings (SSSR count). The van der Waals surface area contributed by atoms with Gasteiger partial charge >= 0.3 is 0 Å². The Kier molecular flexibility index (Phi) is 3.28. The molecule has 74 valence electrons. The van der Waals surface area contributed by atoms with Crippen LogP contribution in [0.5, 0.6) is 0 Å². The third-order valence-corrected chi connectivity index (χ3v) is 2.37. The van der Waals surface area contributed by atoms with Crippen molar-refractivity contribution in [3.8, 4) is 12.3 Å². The standard InChI is InChI=1S/C9H14O4/c1-3-6-5(2)13-7(4-10)9(12)8(6)11/h1,5-12H,4H2,2H3/t5-,6+,7-,8-,9-/m1/s1. The molecule has 0 unspecified atom stereocenters. The molecule has 3 N–H and O–H groups in total. The quantitative estimate of drug-likeness (QED) is 0.447. The summed E-state index contributed by atoms with van der Waals surface area (Å²) in [7, 11) is 0. The van der Waals surface area contributed by atoms with Crippen LogP contribution in [0, 0.1) is 18.3 Å². The lowest BCUT2D eigenvalue weighted by molar-refractivity contribution is -0.192. The zero-order chi connectivity index (χ0) is 10.0. The number of aliphatic hydroxyl groups excluding tert-OH is 3. The van der Waals surface area contributed by atoms with E-state index in [0.29, 0.717) is 0 Å². The fourth-order valence-electron chi connectivity index (χ4n) is 1.54. The van der Waals surface area contributed by atoms with E-state index in [0.717, 1.165) is 0 Å². The average Bonchev–Trinajstić information content (AvgIpc) is 2.12. The molecule has 1 saturated heterocycles. The summed E-state index contributed by atoms with van der Waals surface area (Å²) in [5, 5.41) is 27.8. The summed E-state index contributed by atoms with van der Waals surface area (Å²) in [6.45, 7) is 1.39. The van der Waals surface area contributed by atoms with E-state index in [1.807, 2.05) is 0 Å². The molecule has 0 bridgehead atoms. The highest BCUT2D eigenvalue weighted by Gasteiger charge is 2.41. The lowest BCUT2D eigenvalue weighted by Crippen LogP contribution is -2.54. The van der Waals surface area contributed by atoms with Gasteiger partial charge in [-0.2, -0.15) is 0 Å². The number of hydrogen-bond acceptors (Lipinski definition) is 4. The Bertz CT molecular complexity index is 210. The Morgan fingerprint density at radius 2 is 2.00 bits per heavy atom. The molecule has 0 radical (unpaired) electrons. The van der Waals surface area contributed by atoms with Crippen LogP contribution in [0.1, 0.15) is 6.92 Å². The maximum absolute atomic E-state index is 9.53. The summed E-state index contributed by atoms with van der Waals surface area (Å²) in [5.74, 6) is 1.85. The molecule has 0 aromatic rings. The predicted octanol–water partition coefficient (Wildman–Crippen LogP) is -1.26. The summed E-state index contributed by atoms with van der Waals surface area (Å²) < 4.78 is 5.22. The van der Waals surface area contributed by atoms with Crippen molar-refractivity contribution in [2.75, 3.05) is 6.61 Å². The maximum atomic E-state index is 9.53. The highest BCUT2D eigenvalue weighted by Crippen LogP contribution is 2.25. The van der Waals surface area contributed by atoms with Gasteiger partial charge in [-0.15, -0.1) is 6.42 Å². The first-order valence-corrected chi connectivity index (χ1v) is 4.20. The van der Waals surface area contributed by atoms with Gasteiger partial charge in [0.1, 0.15) is 12.2 Å². The number of aliphatic hydroxyl groups is 3. The van der Waals surface area contributed by atoms with E-state index >= 15 is 0 Å². The summed E-state index contributed by atoms with van der Waals surface area (Å²) in [6.07, 6.45) is 1.95. The van der Waals surface area contributed by atoms with Crippen molar-refractivity contribution in [2.45, 2.75) is 31.3 Å². The van der Waals surface area contributed by atoms with E-state index in [4.69, 9.17) is 16.3 Å². The Balaban J connectivity index is 2.74. The van der Waals surface area contributed by atoms with Gasteiger partial charge in [-0.05, 0) is 6.92 Å².